The fourth-order valence-corrected chi connectivity index (χ4v) is 4.22. The lowest BCUT2D eigenvalue weighted by atomic mass is 10.1. The maximum Gasteiger partial charge on any atom is 0.416 e. The van der Waals surface area contributed by atoms with Crippen LogP contribution in [0.1, 0.15) is 22.3 Å². The molecule has 1 N–H and O–H groups in total. The van der Waals surface area contributed by atoms with Gasteiger partial charge >= 0.3 is 6.18 Å². The van der Waals surface area contributed by atoms with E-state index in [2.05, 4.69) is 5.32 Å². The Kier molecular flexibility index (Phi) is 7.83. The number of carbonyl (C=O) groups is 3. The second kappa shape index (κ2) is 11.0. The molecule has 1 fully saturated rings. The molecule has 1 aliphatic heterocycles. The van der Waals surface area contributed by atoms with Gasteiger partial charge in [0.2, 0.25) is 11.8 Å². The fourth-order valence-electron chi connectivity index (χ4n) is 4.03. The van der Waals surface area contributed by atoms with E-state index < -0.39 is 29.5 Å². The third kappa shape index (κ3) is 6.48. The van der Waals surface area contributed by atoms with Crippen molar-refractivity contribution in [3.8, 4) is 11.1 Å². The minimum Gasteiger partial charge on any atom is -0.339 e. The van der Waals surface area contributed by atoms with Gasteiger partial charge in [-0.3, -0.25) is 14.4 Å². The van der Waals surface area contributed by atoms with E-state index >= 15 is 0 Å². The van der Waals surface area contributed by atoms with Crippen LogP contribution in [0.25, 0.3) is 11.1 Å². The quantitative estimate of drug-likeness (QED) is 0.454. The number of nitrogens with zero attached hydrogens (tertiary/aromatic N) is 2. The van der Waals surface area contributed by atoms with E-state index in [0.717, 1.165) is 29.3 Å². The molecule has 0 saturated carbocycles. The van der Waals surface area contributed by atoms with Crippen LogP contribution in [0.5, 0.6) is 0 Å². The SMILES string of the molecule is O=C(CC(=O)N1CCN(C(=O)c2cc(C(F)(F)F)ccc2Cl)CC1)Nc1ccc(-c2ccccc2)cc1. The maximum absolute atomic E-state index is 13.0. The summed E-state index contributed by atoms with van der Waals surface area (Å²) in [6.45, 7) is 0.528. The van der Waals surface area contributed by atoms with Gasteiger partial charge in [-0.15, -0.1) is 0 Å². The average molecular weight is 530 g/mol. The Balaban J connectivity index is 1.29. The number of halogens is 4. The number of rotatable bonds is 5. The van der Waals surface area contributed by atoms with Crippen LogP contribution in [0.4, 0.5) is 18.9 Å². The zero-order valence-electron chi connectivity index (χ0n) is 19.6. The number of benzene rings is 3. The van der Waals surface area contributed by atoms with Crippen molar-refractivity contribution in [3.63, 3.8) is 0 Å². The number of nitrogens with one attached hydrogen (secondary N) is 1. The largest absolute Gasteiger partial charge is 0.416 e. The van der Waals surface area contributed by atoms with Crippen LogP contribution >= 0.6 is 11.6 Å². The van der Waals surface area contributed by atoms with Crippen molar-refractivity contribution in [2.75, 3.05) is 31.5 Å². The van der Waals surface area contributed by atoms with Crippen molar-refractivity contribution in [2.24, 2.45) is 0 Å². The smallest absolute Gasteiger partial charge is 0.339 e. The van der Waals surface area contributed by atoms with Crippen LogP contribution in [-0.4, -0.2) is 53.7 Å². The summed E-state index contributed by atoms with van der Waals surface area (Å²) < 4.78 is 39.1. The minimum absolute atomic E-state index is 0.0787. The molecule has 0 spiro atoms. The van der Waals surface area contributed by atoms with E-state index in [9.17, 15) is 27.6 Å². The molecule has 3 aromatic carbocycles. The minimum atomic E-state index is -4.60. The van der Waals surface area contributed by atoms with Gasteiger partial charge in [0.15, 0.2) is 0 Å². The van der Waals surface area contributed by atoms with E-state index in [1.165, 1.54) is 9.80 Å². The Morgan fingerprint density at radius 1 is 0.811 bits per heavy atom. The van der Waals surface area contributed by atoms with Crippen LogP contribution < -0.4 is 5.32 Å². The molecule has 6 nitrogen and oxygen atoms in total. The van der Waals surface area contributed by atoms with Crippen LogP contribution in [0, 0.1) is 0 Å². The highest BCUT2D eigenvalue weighted by Crippen LogP contribution is 2.32. The highest BCUT2D eigenvalue weighted by Gasteiger charge is 2.33. The topological polar surface area (TPSA) is 69.7 Å². The number of hydrogen-bond acceptors (Lipinski definition) is 3. The van der Waals surface area contributed by atoms with Crippen molar-refractivity contribution in [3.05, 3.63) is 88.9 Å². The van der Waals surface area contributed by atoms with E-state index in [-0.39, 0.29) is 43.2 Å². The van der Waals surface area contributed by atoms with Crippen LogP contribution in [0.3, 0.4) is 0 Å². The molecule has 0 unspecified atom stereocenters. The van der Waals surface area contributed by atoms with E-state index in [1.54, 1.807) is 12.1 Å². The molecule has 3 aromatic rings. The average Bonchev–Trinajstić information content (AvgIpc) is 2.89. The standard InChI is InChI=1S/C27H23ClF3N3O3/c28-23-11-8-20(27(29,30)31)16-22(23)26(37)34-14-12-33(13-15-34)25(36)17-24(35)32-21-9-6-19(7-10-21)18-4-2-1-3-5-18/h1-11,16H,12-15,17H2,(H,32,35). The molecule has 0 aromatic heterocycles. The van der Waals surface area contributed by atoms with Gasteiger partial charge in [0, 0.05) is 31.9 Å². The molecular formula is C27H23ClF3N3O3. The first kappa shape index (κ1) is 26.2. The zero-order valence-corrected chi connectivity index (χ0v) is 20.4. The van der Waals surface area contributed by atoms with Gasteiger partial charge in [0.05, 0.1) is 16.1 Å². The summed E-state index contributed by atoms with van der Waals surface area (Å²) in [5.74, 6) is -1.51. The second-order valence-electron chi connectivity index (χ2n) is 8.53. The van der Waals surface area contributed by atoms with Gasteiger partial charge in [-0.25, -0.2) is 0 Å². The predicted octanol–water partition coefficient (Wildman–Crippen LogP) is 5.34. The monoisotopic (exact) mass is 529 g/mol. The first-order valence-corrected chi connectivity index (χ1v) is 11.9. The summed E-state index contributed by atoms with van der Waals surface area (Å²) in [4.78, 5) is 40.6. The molecule has 1 heterocycles. The summed E-state index contributed by atoms with van der Waals surface area (Å²) in [6.07, 6.45) is -4.97. The molecule has 3 amide bonds. The normalized spacial score (nSPS) is 13.8. The number of carbonyl (C=O) groups excluding carboxylic acids is 3. The van der Waals surface area contributed by atoms with Crippen molar-refractivity contribution in [2.45, 2.75) is 12.6 Å². The van der Waals surface area contributed by atoms with Gasteiger partial charge in [-0.05, 0) is 41.5 Å². The van der Waals surface area contributed by atoms with E-state index in [1.807, 2.05) is 42.5 Å². The highest BCUT2D eigenvalue weighted by atomic mass is 35.5. The lowest BCUT2D eigenvalue weighted by Crippen LogP contribution is -2.51. The summed E-state index contributed by atoms with van der Waals surface area (Å²) in [5, 5.41) is 2.63. The summed E-state index contributed by atoms with van der Waals surface area (Å²) in [6, 6.07) is 19.6. The first-order chi connectivity index (χ1) is 17.6. The lowest BCUT2D eigenvalue weighted by molar-refractivity contribution is -0.138. The van der Waals surface area contributed by atoms with Gasteiger partial charge in [0.25, 0.3) is 5.91 Å². The molecule has 10 heteroatoms. The lowest BCUT2D eigenvalue weighted by Gasteiger charge is -2.35. The predicted molar refractivity (Wildman–Crippen MR) is 134 cm³/mol. The third-order valence-corrected chi connectivity index (χ3v) is 6.36. The third-order valence-electron chi connectivity index (χ3n) is 6.03. The maximum atomic E-state index is 13.0. The first-order valence-electron chi connectivity index (χ1n) is 11.5. The molecule has 1 saturated heterocycles. The second-order valence-corrected chi connectivity index (χ2v) is 8.94. The Bertz CT molecular complexity index is 1290. The van der Waals surface area contributed by atoms with Crippen LogP contribution in [0.2, 0.25) is 5.02 Å². The van der Waals surface area contributed by atoms with Gasteiger partial charge in [-0.2, -0.15) is 13.2 Å². The highest BCUT2D eigenvalue weighted by molar-refractivity contribution is 6.33. The van der Waals surface area contributed by atoms with Gasteiger partial charge in [0.1, 0.15) is 6.42 Å². The number of alkyl halides is 3. The van der Waals surface area contributed by atoms with E-state index in [4.69, 9.17) is 11.6 Å². The molecule has 0 radical (unpaired) electrons. The zero-order chi connectivity index (χ0) is 26.6. The summed E-state index contributed by atoms with van der Waals surface area (Å²) in [5.41, 5.74) is 1.39. The Hall–Kier alpha value is -3.85. The molecule has 4 rings (SSSR count). The molecule has 1 aliphatic rings. The number of hydrogen-bond donors (Lipinski definition) is 1. The summed E-state index contributed by atoms with van der Waals surface area (Å²) >= 11 is 5.98. The Morgan fingerprint density at radius 3 is 2.03 bits per heavy atom. The van der Waals surface area contributed by atoms with Gasteiger partial charge in [-0.1, -0.05) is 54.1 Å². The Labute approximate surface area is 216 Å². The Morgan fingerprint density at radius 2 is 1.41 bits per heavy atom. The van der Waals surface area contributed by atoms with Crippen molar-refractivity contribution in [1.82, 2.24) is 9.80 Å². The number of piperazine rings is 1. The van der Waals surface area contributed by atoms with Crippen LogP contribution in [0.15, 0.2) is 72.8 Å². The van der Waals surface area contributed by atoms with Crippen molar-refractivity contribution >= 4 is 35.0 Å². The van der Waals surface area contributed by atoms with Gasteiger partial charge < -0.3 is 15.1 Å². The number of anilines is 1. The van der Waals surface area contributed by atoms with E-state index in [0.29, 0.717) is 5.69 Å². The van der Waals surface area contributed by atoms with Crippen LogP contribution in [-0.2, 0) is 15.8 Å². The number of amides is 3. The molecule has 37 heavy (non-hydrogen) atoms. The summed E-state index contributed by atoms with van der Waals surface area (Å²) in [7, 11) is 0. The molecule has 0 bridgehead atoms. The van der Waals surface area contributed by atoms with Crippen molar-refractivity contribution in [1.29, 1.82) is 0 Å². The van der Waals surface area contributed by atoms with Crippen molar-refractivity contribution < 1.29 is 27.6 Å². The molecular weight excluding hydrogens is 507 g/mol. The molecule has 0 atom stereocenters. The fraction of sp³-hybridized carbons (Fsp3) is 0.222. The molecule has 0 aliphatic carbocycles. The molecule has 192 valence electrons.